The summed E-state index contributed by atoms with van der Waals surface area (Å²) in [4.78, 5) is 16.7. The Labute approximate surface area is 184 Å². The molecule has 4 nitrogen and oxygen atoms in total. The van der Waals surface area contributed by atoms with Gasteiger partial charge in [-0.3, -0.25) is 4.79 Å². The Morgan fingerprint density at radius 3 is 2.78 bits per heavy atom. The number of hydrogen-bond acceptors (Lipinski definition) is 4. The van der Waals surface area contributed by atoms with Crippen molar-refractivity contribution in [2.45, 2.75) is 26.2 Å². The Morgan fingerprint density at radius 2 is 2.04 bits per heavy atom. The van der Waals surface area contributed by atoms with E-state index in [0.29, 0.717) is 6.42 Å². The van der Waals surface area contributed by atoms with Gasteiger partial charge >= 0.3 is 0 Å². The van der Waals surface area contributed by atoms with E-state index in [9.17, 15) is 4.79 Å². The number of carbonyl (C=O) groups is 1. The van der Waals surface area contributed by atoms with Gasteiger partial charge in [-0.05, 0) is 58.8 Å². The fourth-order valence-corrected chi connectivity index (χ4v) is 5.06. The molecule has 0 aliphatic heterocycles. The maximum Gasteiger partial charge on any atom is 0.226 e. The molecule has 140 valence electrons. The largest absolute Gasteiger partial charge is 0.331 e. The van der Waals surface area contributed by atoms with E-state index in [4.69, 9.17) is 17.2 Å². The monoisotopic (exact) mass is 525 g/mol. The molecule has 2 aromatic carbocycles. The first-order valence-electron chi connectivity index (χ1n) is 8.43. The highest BCUT2D eigenvalue weighted by Gasteiger charge is 2.16. The minimum Gasteiger partial charge on any atom is -0.331 e. The molecule has 1 heterocycles. The molecule has 8 heteroatoms. The Bertz CT molecular complexity index is 971. The maximum absolute atomic E-state index is 11.9. The van der Waals surface area contributed by atoms with Crippen LogP contribution in [0.4, 0.5) is 5.69 Å². The number of para-hydroxylation sites is 1. The van der Waals surface area contributed by atoms with Gasteiger partial charge in [-0.1, -0.05) is 41.4 Å². The lowest BCUT2D eigenvalue weighted by atomic mass is 10.2. The summed E-state index contributed by atoms with van der Waals surface area (Å²) in [5.74, 6) is -0.0795. The van der Waals surface area contributed by atoms with E-state index in [-0.39, 0.29) is 11.0 Å². The molecule has 0 atom stereocenters. The number of anilines is 1. The van der Waals surface area contributed by atoms with E-state index in [1.807, 2.05) is 37.3 Å². The predicted octanol–water partition coefficient (Wildman–Crippen LogP) is 6.49. The highest BCUT2D eigenvalue weighted by atomic mass is 79.9. The van der Waals surface area contributed by atoms with Crippen LogP contribution in [0.15, 0.2) is 45.3 Å². The van der Waals surface area contributed by atoms with Crippen LogP contribution in [-0.4, -0.2) is 16.0 Å². The van der Waals surface area contributed by atoms with E-state index >= 15 is 0 Å². The van der Waals surface area contributed by atoms with Gasteiger partial charge in [0, 0.05) is 20.9 Å². The number of amides is 1. The highest BCUT2D eigenvalue weighted by Crippen LogP contribution is 2.40. The summed E-state index contributed by atoms with van der Waals surface area (Å²) in [6.45, 7) is 2.05. The first kappa shape index (κ1) is 20.4. The number of unbranched alkanes of at least 4 members (excludes halogenated alkanes) is 1. The average molecular weight is 527 g/mol. The molecule has 2 N–H and O–H groups in total. The van der Waals surface area contributed by atoms with Gasteiger partial charge in [0.25, 0.3) is 0 Å². The SMILES string of the molecule is CCCCC(=O)NC(=S)Nc1c(Br)cc(Br)cc1-c1nc2ccccc2s1. The van der Waals surface area contributed by atoms with Crippen molar-refractivity contribution in [3.8, 4) is 10.6 Å². The number of thiocarbonyl (C=S) groups is 1. The van der Waals surface area contributed by atoms with Gasteiger partial charge in [0.2, 0.25) is 5.91 Å². The molecule has 3 rings (SSSR count). The molecule has 0 saturated carbocycles. The van der Waals surface area contributed by atoms with Crippen molar-refractivity contribution in [2.75, 3.05) is 5.32 Å². The first-order valence-corrected chi connectivity index (χ1v) is 11.2. The lowest BCUT2D eigenvalue weighted by molar-refractivity contribution is -0.119. The van der Waals surface area contributed by atoms with Crippen LogP contribution in [0, 0.1) is 0 Å². The molecule has 0 radical (unpaired) electrons. The van der Waals surface area contributed by atoms with Crippen molar-refractivity contribution >= 4 is 82.3 Å². The number of thiazole rings is 1. The zero-order chi connectivity index (χ0) is 19.4. The molecule has 0 aliphatic rings. The minimum atomic E-state index is -0.0795. The van der Waals surface area contributed by atoms with Crippen LogP contribution in [0.1, 0.15) is 26.2 Å². The summed E-state index contributed by atoms with van der Waals surface area (Å²) in [6, 6.07) is 11.9. The number of benzene rings is 2. The van der Waals surface area contributed by atoms with Gasteiger partial charge in [0.15, 0.2) is 5.11 Å². The molecule has 0 aliphatic carbocycles. The van der Waals surface area contributed by atoms with Crippen LogP contribution >= 0.6 is 55.4 Å². The standard InChI is InChI=1S/C19H17Br2N3OS2/c1-2-3-8-16(25)23-19(26)24-17-12(9-11(20)10-13(17)21)18-22-14-6-4-5-7-15(14)27-18/h4-7,9-10H,2-3,8H2,1H3,(H2,23,24,25,26). The van der Waals surface area contributed by atoms with Crippen LogP contribution in [0.3, 0.4) is 0 Å². The Morgan fingerprint density at radius 1 is 1.26 bits per heavy atom. The van der Waals surface area contributed by atoms with Gasteiger partial charge in [0.1, 0.15) is 5.01 Å². The number of carbonyl (C=O) groups excluding carboxylic acids is 1. The third kappa shape index (κ3) is 5.13. The van der Waals surface area contributed by atoms with Crippen molar-refractivity contribution in [2.24, 2.45) is 0 Å². The molecule has 0 spiro atoms. The van der Waals surface area contributed by atoms with E-state index < -0.39 is 0 Å². The van der Waals surface area contributed by atoms with Crippen LogP contribution in [-0.2, 0) is 4.79 Å². The summed E-state index contributed by atoms with van der Waals surface area (Å²) in [6.07, 6.45) is 2.27. The van der Waals surface area contributed by atoms with Crippen molar-refractivity contribution in [1.29, 1.82) is 0 Å². The van der Waals surface area contributed by atoms with E-state index in [1.165, 1.54) is 0 Å². The summed E-state index contributed by atoms with van der Waals surface area (Å²) in [5, 5.41) is 7.05. The number of halogens is 2. The molecular weight excluding hydrogens is 510 g/mol. The Balaban J connectivity index is 1.91. The third-order valence-electron chi connectivity index (χ3n) is 3.83. The zero-order valence-corrected chi connectivity index (χ0v) is 19.3. The first-order chi connectivity index (χ1) is 13.0. The molecule has 1 amide bonds. The average Bonchev–Trinajstić information content (AvgIpc) is 3.06. The smallest absolute Gasteiger partial charge is 0.226 e. The Kier molecular flexibility index (Phi) is 6.97. The van der Waals surface area contributed by atoms with Gasteiger partial charge in [-0.2, -0.15) is 0 Å². The van der Waals surface area contributed by atoms with Gasteiger partial charge in [-0.25, -0.2) is 4.98 Å². The van der Waals surface area contributed by atoms with E-state index in [2.05, 4.69) is 48.6 Å². The van der Waals surface area contributed by atoms with Gasteiger partial charge in [0.05, 0.1) is 15.9 Å². The van der Waals surface area contributed by atoms with Crippen LogP contribution < -0.4 is 10.6 Å². The predicted molar refractivity (Wildman–Crippen MR) is 124 cm³/mol. The molecular formula is C19H17Br2N3OS2. The number of aromatic nitrogens is 1. The third-order valence-corrected chi connectivity index (χ3v) is 6.19. The second-order valence-electron chi connectivity index (χ2n) is 5.90. The molecule has 3 aromatic rings. The fraction of sp³-hybridized carbons (Fsp3) is 0.211. The van der Waals surface area contributed by atoms with Crippen LogP contribution in [0.5, 0.6) is 0 Å². The molecule has 0 bridgehead atoms. The minimum absolute atomic E-state index is 0.0795. The molecule has 27 heavy (non-hydrogen) atoms. The fourth-order valence-electron chi connectivity index (χ4n) is 2.53. The summed E-state index contributed by atoms with van der Waals surface area (Å²) < 4.78 is 2.87. The molecule has 0 unspecified atom stereocenters. The highest BCUT2D eigenvalue weighted by molar-refractivity contribution is 9.11. The zero-order valence-electron chi connectivity index (χ0n) is 14.5. The number of nitrogens with one attached hydrogen (secondary N) is 2. The second-order valence-corrected chi connectivity index (χ2v) is 9.11. The Hall–Kier alpha value is -1.35. The van der Waals surface area contributed by atoms with Crippen LogP contribution in [0.25, 0.3) is 20.8 Å². The number of rotatable bonds is 5. The summed E-state index contributed by atoms with van der Waals surface area (Å²) >= 11 is 14.1. The summed E-state index contributed by atoms with van der Waals surface area (Å²) in [7, 11) is 0. The quantitative estimate of drug-likeness (QED) is 0.373. The van der Waals surface area contributed by atoms with Crippen molar-refractivity contribution in [3.05, 3.63) is 45.3 Å². The lowest BCUT2D eigenvalue weighted by Crippen LogP contribution is -2.34. The van der Waals surface area contributed by atoms with Crippen molar-refractivity contribution in [3.63, 3.8) is 0 Å². The number of hydrogen-bond donors (Lipinski definition) is 2. The van der Waals surface area contributed by atoms with Gasteiger partial charge in [-0.15, -0.1) is 11.3 Å². The maximum atomic E-state index is 11.9. The summed E-state index contributed by atoms with van der Waals surface area (Å²) in [5.41, 5.74) is 2.63. The number of nitrogens with zero attached hydrogens (tertiary/aromatic N) is 1. The molecule has 0 saturated heterocycles. The van der Waals surface area contributed by atoms with Gasteiger partial charge < -0.3 is 10.6 Å². The molecule has 1 aromatic heterocycles. The number of fused-ring (bicyclic) bond motifs is 1. The van der Waals surface area contributed by atoms with Crippen LogP contribution in [0.2, 0.25) is 0 Å². The topological polar surface area (TPSA) is 54.0 Å². The van der Waals surface area contributed by atoms with Crippen molar-refractivity contribution in [1.82, 2.24) is 10.3 Å². The van der Waals surface area contributed by atoms with E-state index in [0.717, 1.165) is 48.3 Å². The van der Waals surface area contributed by atoms with E-state index in [1.54, 1.807) is 11.3 Å². The second kappa shape index (κ2) is 9.23. The lowest BCUT2D eigenvalue weighted by Gasteiger charge is -2.15. The van der Waals surface area contributed by atoms with Crippen molar-refractivity contribution < 1.29 is 4.79 Å². The molecule has 0 fully saturated rings. The normalized spacial score (nSPS) is 10.8.